The Labute approximate surface area is 151 Å². The van der Waals surface area contributed by atoms with Crippen LogP contribution in [0.2, 0.25) is 0 Å². The number of aromatic nitrogens is 3. The molecule has 0 atom stereocenters. The fraction of sp³-hybridized carbons (Fsp3) is 0.350. The van der Waals surface area contributed by atoms with E-state index in [-0.39, 0.29) is 0 Å². The van der Waals surface area contributed by atoms with Crippen LogP contribution in [0.3, 0.4) is 0 Å². The van der Waals surface area contributed by atoms with E-state index in [9.17, 15) is 0 Å². The van der Waals surface area contributed by atoms with Gasteiger partial charge in [0.1, 0.15) is 5.82 Å². The second kappa shape index (κ2) is 6.32. The van der Waals surface area contributed by atoms with E-state index in [4.69, 9.17) is 4.98 Å². The van der Waals surface area contributed by atoms with E-state index in [0.717, 1.165) is 37.6 Å². The third-order valence-corrected chi connectivity index (χ3v) is 5.85. The Morgan fingerprint density at radius 1 is 1.12 bits per heavy atom. The highest BCUT2D eigenvalue weighted by Crippen LogP contribution is 2.38. The molecule has 5 heteroatoms. The zero-order valence-electron chi connectivity index (χ0n) is 14.1. The summed E-state index contributed by atoms with van der Waals surface area (Å²) in [5.41, 5.74) is 6.84. The third kappa shape index (κ3) is 3.10. The summed E-state index contributed by atoms with van der Waals surface area (Å²) in [6.45, 7) is 2.94. The van der Waals surface area contributed by atoms with Gasteiger partial charge in [-0.25, -0.2) is 15.0 Å². The van der Waals surface area contributed by atoms with Gasteiger partial charge in [0.15, 0.2) is 0 Å². The molecule has 25 heavy (non-hydrogen) atoms. The largest absolute Gasteiger partial charge is 0.293 e. The summed E-state index contributed by atoms with van der Waals surface area (Å²) in [7, 11) is 0. The molecule has 0 amide bonds. The Morgan fingerprint density at radius 3 is 2.84 bits per heavy atom. The van der Waals surface area contributed by atoms with E-state index >= 15 is 0 Å². The molecule has 0 saturated heterocycles. The van der Waals surface area contributed by atoms with E-state index in [1.807, 2.05) is 11.6 Å². The van der Waals surface area contributed by atoms with Crippen LogP contribution in [-0.2, 0) is 19.5 Å². The summed E-state index contributed by atoms with van der Waals surface area (Å²) in [6.07, 6.45) is 5.61. The van der Waals surface area contributed by atoms with Gasteiger partial charge in [-0.15, -0.1) is 11.3 Å². The third-order valence-electron chi connectivity index (χ3n) is 5.03. The summed E-state index contributed by atoms with van der Waals surface area (Å²) in [6, 6.07) is 10.5. The van der Waals surface area contributed by atoms with Crippen LogP contribution < -0.4 is 0 Å². The Morgan fingerprint density at radius 2 is 2.00 bits per heavy atom. The maximum absolute atomic E-state index is 4.82. The van der Waals surface area contributed by atoms with Gasteiger partial charge in [-0.2, -0.15) is 0 Å². The predicted octanol–water partition coefficient (Wildman–Crippen LogP) is 4.04. The number of thiazole rings is 1. The number of rotatable bonds is 4. The first-order chi connectivity index (χ1) is 12.4. The lowest BCUT2D eigenvalue weighted by Gasteiger charge is -2.27. The minimum Gasteiger partial charge on any atom is -0.293 e. The van der Waals surface area contributed by atoms with Gasteiger partial charge in [0, 0.05) is 59.9 Å². The van der Waals surface area contributed by atoms with Crippen molar-refractivity contribution in [1.29, 1.82) is 0 Å². The van der Waals surface area contributed by atoms with Gasteiger partial charge in [-0.05, 0) is 12.8 Å². The van der Waals surface area contributed by atoms with Gasteiger partial charge >= 0.3 is 0 Å². The normalized spacial score (nSPS) is 17.4. The zero-order chi connectivity index (χ0) is 16.6. The number of hydrogen-bond acceptors (Lipinski definition) is 5. The Kier molecular flexibility index (Phi) is 3.83. The Balaban J connectivity index is 1.34. The molecule has 4 nitrogen and oxygen atoms in total. The van der Waals surface area contributed by atoms with Crippen LogP contribution in [0.15, 0.2) is 42.0 Å². The van der Waals surface area contributed by atoms with Gasteiger partial charge in [-0.1, -0.05) is 30.3 Å². The molecular formula is C20H20N4S. The van der Waals surface area contributed by atoms with E-state index in [1.54, 1.807) is 11.3 Å². The van der Waals surface area contributed by atoms with E-state index in [1.165, 1.54) is 34.5 Å². The van der Waals surface area contributed by atoms with Gasteiger partial charge < -0.3 is 0 Å². The van der Waals surface area contributed by atoms with Crippen LogP contribution in [0.1, 0.15) is 40.7 Å². The van der Waals surface area contributed by atoms with Crippen LogP contribution >= 0.6 is 11.3 Å². The van der Waals surface area contributed by atoms with Crippen molar-refractivity contribution in [1.82, 2.24) is 19.9 Å². The molecule has 0 bridgehead atoms. The predicted molar refractivity (Wildman–Crippen MR) is 99.4 cm³/mol. The Bertz CT molecular complexity index is 886. The van der Waals surface area contributed by atoms with Crippen molar-refractivity contribution in [2.24, 2.45) is 0 Å². The second-order valence-electron chi connectivity index (χ2n) is 6.93. The molecule has 0 unspecified atom stereocenters. The van der Waals surface area contributed by atoms with Crippen molar-refractivity contribution in [2.45, 2.75) is 38.3 Å². The molecule has 0 spiro atoms. The molecule has 1 aliphatic heterocycles. The van der Waals surface area contributed by atoms with E-state index in [2.05, 4.69) is 45.3 Å². The number of nitrogens with zero attached hydrogens (tertiary/aromatic N) is 4. The minimum absolute atomic E-state index is 0.633. The lowest BCUT2D eigenvalue weighted by Crippen LogP contribution is -2.31. The molecule has 2 aromatic heterocycles. The molecule has 126 valence electrons. The first-order valence-corrected chi connectivity index (χ1v) is 9.79. The second-order valence-corrected chi connectivity index (χ2v) is 7.86. The van der Waals surface area contributed by atoms with E-state index < -0.39 is 0 Å². The number of hydrogen-bond donors (Lipinski definition) is 0. The summed E-state index contributed by atoms with van der Waals surface area (Å²) in [5, 5.41) is 0. The van der Waals surface area contributed by atoms with Gasteiger partial charge in [0.25, 0.3) is 0 Å². The highest BCUT2D eigenvalue weighted by Gasteiger charge is 2.28. The zero-order valence-corrected chi connectivity index (χ0v) is 14.9. The molecule has 0 N–H and O–H groups in total. The van der Waals surface area contributed by atoms with Gasteiger partial charge in [-0.3, -0.25) is 4.90 Å². The van der Waals surface area contributed by atoms with Crippen molar-refractivity contribution in [3.05, 3.63) is 64.0 Å². The maximum atomic E-state index is 4.82. The SMILES string of the molecule is c1ccc(-c2ncsc2CN2CCc3nc(C4CC4)ncc3C2)cc1. The van der Waals surface area contributed by atoms with Crippen LogP contribution in [0.25, 0.3) is 11.3 Å². The lowest BCUT2D eigenvalue weighted by molar-refractivity contribution is 0.245. The molecule has 3 aromatic rings. The molecule has 0 radical (unpaired) electrons. The molecule has 1 fully saturated rings. The van der Waals surface area contributed by atoms with Crippen molar-refractivity contribution >= 4 is 11.3 Å². The molecule has 5 rings (SSSR count). The summed E-state index contributed by atoms with van der Waals surface area (Å²) < 4.78 is 0. The number of fused-ring (bicyclic) bond motifs is 1. The van der Waals surface area contributed by atoms with Crippen molar-refractivity contribution in [2.75, 3.05) is 6.54 Å². The average molecular weight is 348 g/mol. The first-order valence-electron chi connectivity index (χ1n) is 8.91. The molecule has 2 aliphatic rings. The Hall–Kier alpha value is -2.11. The van der Waals surface area contributed by atoms with Crippen molar-refractivity contribution in [3.63, 3.8) is 0 Å². The van der Waals surface area contributed by atoms with Gasteiger partial charge in [0.05, 0.1) is 11.2 Å². The lowest BCUT2D eigenvalue weighted by atomic mass is 10.1. The molecule has 1 aliphatic carbocycles. The smallest absolute Gasteiger partial charge is 0.131 e. The van der Waals surface area contributed by atoms with Crippen molar-refractivity contribution in [3.8, 4) is 11.3 Å². The van der Waals surface area contributed by atoms with Crippen LogP contribution in [0, 0.1) is 0 Å². The van der Waals surface area contributed by atoms with E-state index in [0.29, 0.717) is 5.92 Å². The summed E-state index contributed by atoms with van der Waals surface area (Å²) in [4.78, 5) is 17.9. The molecule has 3 heterocycles. The first kappa shape index (κ1) is 15.2. The highest BCUT2D eigenvalue weighted by molar-refractivity contribution is 7.10. The summed E-state index contributed by atoms with van der Waals surface area (Å²) >= 11 is 1.75. The minimum atomic E-state index is 0.633. The average Bonchev–Trinajstić information content (AvgIpc) is 3.41. The standard InChI is InChI=1S/C20H20N4S/c1-2-4-14(5-3-1)19-18(25-13-22-19)12-24-9-8-17-16(11-24)10-21-20(23-17)15-6-7-15/h1-5,10,13,15H,6-9,11-12H2. The monoisotopic (exact) mass is 348 g/mol. The molecule has 1 aromatic carbocycles. The van der Waals surface area contributed by atoms with Crippen LogP contribution in [0.5, 0.6) is 0 Å². The number of benzene rings is 1. The quantitative estimate of drug-likeness (QED) is 0.714. The maximum Gasteiger partial charge on any atom is 0.131 e. The van der Waals surface area contributed by atoms with Crippen LogP contribution in [-0.4, -0.2) is 26.4 Å². The topological polar surface area (TPSA) is 41.9 Å². The fourth-order valence-corrected chi connectivity index (χ4v) is 4.31. The fourth-order valence-electron chi connectivity index (χ4n) is 3.48. The molecule has 1 saturated carbocycles. The molecular weight excluding hydrogens is 328 g/mol. The highest BCUT2D eigenvalue weighted by atomic mass is 32.1. The van der Waals surface area contributed by atoms with Crippen LogP contribution in [0.4, 0.5) is 0 Å². The summed E-state index contributed by atoms with van der Waals surface area (Å²) in [5.74, 6) is 1.70. The van der Waals surface area contributed by atoms with Crippen molar-refractivity contribution < 1.29 is 0 Å². The van der Waals surface area contributed by atoms with Gasteiger partial charge in [0.2, 0.25) is 0 Å².